The maximum absolute atomic E-state index is 12.5. The van der Waals surface area contributed by atoms with E-state index in [0.29, 0.717) is 24.0 Å². The Morgan fingerprint density at radius 2 is 1.93 bits per heavy atom. The van der Waals surface area contributed by atoms with Crippen molar-refractivity contribution in [1.29, 1.82) is 0 Å². The maximum atomic E-state index is 12.5. The molecule has 1 aromatic rings. The van der Waals surface area contributed by atoms with Crippen molar-refractivity contribution in [3.8, 4) is 5.75 Å². The smallest absolute Gasteiger partial charge is 0.412 e. The molecular formula is C22H36N2O3. The lowest BCUT2D eigenvalue weighted by Gasteiger charge is -2.32. The summed E-state index contributed by atoms with van der Waals surface area (Å²) >= 11 is 0. The molecule has 0 heterocycles. The number of hydrogen-bond donors (Lipinski definition) is 1. The lowest BCUT2D eigenvalue weighted by atomic mass is 9.86. The number of ether oxygens (including phenoxy) is 2. The first-order valence-electron chi connectivity index (χ1n) is 10.4. The van der Waals surface area contributed by atoms with E-state index in [1.807, 2.05) is 24.3 Å². The molecule has 0 aromatic heterocycles. The number of unbranched alkanes of at least 4 members (excludes halogenated alkanes) is 3. The van der Waals surface area contributed by atoms with Gasteiger partial charge in [0, 0.05) is 12.5 Å². The SMILES string of the molecule is CCCCCCOc1ccccc1NC(=O)O[C@H]1CCCC[C@H]1CN(C)C. The van der Waals surface area contributed by atoms with Gasteiger partial charge in [-0.1, -0.05) is 44.7 Å². The molecule has 0 unspecified atom stereocenters. The summed E-state index contributed by atoms with van der Waals surface area (Å²) in [6, 6.07) is 7.58. The van der Waals surface area contributed by atoms with Gasteiger partial charge in [0.2, 0.25) is 0 Å². The number of amides is 1. The molecule has 1 aliphatic rings. The number of hydrogen-bond acceptors (Lipinski definition) is 4. The van der Waals surface area contributed by atoms with Gasteiger partial charge in [-0.2, -0.15) is 0 Å². The summed E-state index contributed by atoms with van der Waals surface area (Å²) in [6.07, 6.45) is 8.65. The summed E-state index contributed by atoms with van der Waals surface area (Å²) in [7, 11) is 4.14. The topological polar surface area (TPSA) is 50.8 Å². The van der Waals surface area contributed by atoms with E-state index in [-0.39, 0.29) is 12.2 Å². The molecule has 2 atom stereocenters. The van der Waals surface area contributed by atoms with E-state index in [2.05, 4.69) is 31.2 Å². The van der Waals surface area contributed by atoms with Crippen molar-refractivity contribution < 1.29 is 14.3 Å². The van der Waals surface area contributed by atoms with Gasteiger partial charge in [0.1, 0.15) is 11.9 Å². The Kier molecular flexibility index (Phi) is 9.46. The fourth-order valence-corrected chi connectivity index (χ4v) is 3.69. The molecule has 1 fully saturated rings. The molecule has 1 aromatic carbocycles. The third kappa shape index (κ3) is 7.79. The molecule has 0 radical (unpaired) electrons. The van der Waals surface area contributed by atoms with Crippen molar-refractivity contribution in [2.45, 2.75) is 64.4 Å². The van der Waals surface area contributed by atoms with E-state index >= 15 is 0 Å². The molecule has 5 nitrogen and oxygen atoms in total. The van der Waals surface area contributed by atoms with Crippen molar-refractivity contribution in [3.05, 3.63) is 24.3 Å². The molecule has 1 N–H and O–H groups in total. The first kappa shape index (κ1) is 21.5. The van der Waals surface area contributed by atoms with Crippen molar-refractivity contribution >= 4 is 11.8 Å². The van der Waals surface area contributed by atoms with Gasteiger partial charge in [-0.3, -0.25) is 5.32 Å². The van der Waals surface area contributed by atoms with Crippen molar-refractivity contribution in [1.82, 2.24) is 4.90 Å². The summed E-state index contributed by atoms with van der Waals surface area (Å²) in [5.41, 5.74) is 0.679. The maximum Gasteiger partial charge on any atom is 0.412 e. The Bertz CT molecular complexity index is 562. The highest BCUT2D eigenvalue weighted by Crippen LogP contribution is 2.29. The molecule has 2 rings (SSSR count). The van der Waals surface area contributed by atoms with Gasteiger partial charge in [0.25, 0.3) is 0 Å². The van der Waals surface area contributed by atoms with Crippen LogP contribution in [-0.2, 0) is 4.74 Å². The Hall–Kier alpha value is -1.75. The third-order valence-electron chi connectivity index (χ3n) is 5.08. The van der Waals surface area contributed by atoms with Gasteiger partial charge < -0.3 is 14.4 Å². The molecule has 0 aliphatic heterocycles. The van der Waals surface area contributed by atoms with Gasteiger partial charge in [0.05, 0.1) is 12.3 Å². The number of anilines is 1. The molecule has 152 valence electrons. The second kappa shape index (κ2) is 11.9. The summed E-state index contributed by atoms with van der Waals surface area (Å²) < 4.78 is 11.7. The summed E-state index contributed by atoms with van der Waals surface area (Å²) in [4.78, 5) is 14.6. The van der Waals surface area contributed by atoms with Crippen LogP contribution in [0.3, 0.4) is 0 Å². The molecule has 0 saturated heterocycles. The van der Waals surface area contributed by atoms with Gasteiger partial charge in [-0.15, -0.1) is 0 Å². The molecule has 27 heavy (non-hydrogen) atoms. The number of rotatable bonds is 10. The van der Waals surface area contributed by atoms with Crippen molar-refractivity contribution in [2.75, 3.05) is 32.6 Å². The number of benzene rings is 1. The average Bonchev–Trinajstić information content (AvgIpc) is 2.64. The minimum absolute atomic E-state index is 0.0109. The van der Waals surface area contributed by atoms with Crippen molar-refractivity contribution in [2.24, 2.45) is 5.92 Å². The van der Waals surface area contributed by atoms with Gasteiger partial charge in [-0.05, 0) is 51.9 Å². The first-order valence-corrected chi connectivity index (χ1v) is 10.4. The third-order valence-corrected chi connectivity index (χ3v) is 5.08. The van der Waals surface area contributed by atoms with Crippen LogP contribution < -0.4 is 10.1 Å². The Labute approximate surface area is 164 Å². The molecule has 5 heteroatoms. The second-order valence-corrected chi connectivity index (χ2v) is 7.78. The lowest BCUT2D eigenvalue weighted by molar-refractivity contribution is 0.0357. The zero-order valence-corrected chi connectivity index (χ0v) is 17.2. The van der Waals surface area contributed by atoms with Crippen LogP contribution >= 0.6 is 0 Å². The number of nitrogens with zero attached hydrogens (tertiary/aromatic N) is 1. The van der Waals surface area contributed by atoms with E-state index < -0.39 is 0 Å². The largest absolute Gasteiger partial charge is 0.491 e. The van der Waals surface area contributed by atoms with Crippen LogP contribution in [0.15, 0.2) is 24.3 Å². The minimum Gasteiger partial charge on any atom is -0.491 e. The predicted octanol–water partition coefficient (Wildman–Crippen LogP) is 5.31. The molecule has 1 amide bonds. The number of carbonyl (C=O) groups is 1. The second-order valence-electron chi connectivity index (χ2n) is 7.78. The standard InChI is InChI=1S/C22H36N2O3/c1-4-5-6-11-16-26-21-15-10-8-13-19(21)23-22(25)27-20-14-9-7-12-18(20)17-24(2)3/h8,10,13,15,18,20H,4-7,9,11-12,14,16-17H2,1-3H3,(H,23,25)/t18-,20-/m0/s1. The highest BCUT2D eigenvalue weighted by Gasteiger charge is 2.28. The van der Waals surface area contributed by atoms with E-state index in [9.17, 15) is 4.79 Å². The highest BCUT2D eigenvalue weighted by molar-refractivity contribution is 5.86. The van der Waals surface area contributed by atoms with Gasteiger partial charge in [-0.25, -0.2) is 4.79 Å². The zero-order chi connectivity index (χ0) is 19.5. The molecular weight excluding hydrogens is 340 g/mol. The molecule has 0 bridgehead atoms. The van der Waals surface area contributed by atoms with E-state index in [0.717, 1.165) is 32.2 Å². The van der Waals surface area contributed by atoms with Crippen LogP contribution in [0.4, 0.5) is 10.5 Å². The van der Waals surface area contributed by atoms with Crippen LogP contribution in [-0.4, -0.2) is 44.3 Å². The Balaban J connectivity index is 1.87. The fourth-order valence-electron chi connectivity index (χ4n) is 3.69. The Morgan fingerprint density at radius 3 is 2.70 bits per heavy atom. The lowest BCUT2D eigenvalue weighted by Crippen LogP contribution is -2.37. The molecule has 1 aliphatic carbocycles. The number of carbonyl (C=O) groups excluding carboxylic acids is 1. The highest BCUT2D eigenvalue weighted by atomic mass is 16.6. The zero-order valence-electron chi connectivity index (χ0n) is 17.2. The van der Waals surface area contributed by atoms with E-state index in [1.54, 1.807) is 0 Å². The van der Waals surface area contributed by atoms with Crippen LogP contribution in [0.1, 0.15) is 58.3 Å². The summed E-state index contributed by atoms with van der Waals surface area (Å²) in [5.74, 6) is 1.11. The minimum atomic E-state index is -0.382. The monoisotopic (exact) mass is 376 g/mol. The van der Waals surface area contributed by atoms with E-state index in [1.165, 1.54) is 25.7 Å². The average molecular weight is 377 g/mol. The van der Waals surface area contributed by atoms with Crippen molar-refractivity contribution in [3.63, 3.8) is 0 Å². The van der Waals surface area contributed by atoms with Gasteiger partial charge in [0.15, 0.2) is 0 Å². The predicted molar refractivity (Wildman–Crippen MR) is 110 cm³/mol. The fraction of sp³-hybridized carbons (Fsp3) is 0.682. The number of nitrogens with one attached hydrogen (secondary N) is 1. The van der Waals surface area contributed by atoms with Crippen LogP contribution in [0.5, 0.6) is 5.75 Å². The molecule has 0 spiro atoms. The number of para-hydroxylation sites is 2. The quantitative estimate of drug-likeness (QED) is 0.562. The normalized spacial score (nSPS) is 19.7. The van der Waals surface area contributed by atoms with Gasteiger partial charge >= 0.3 is 6.09 Å². The van der Waals surface area contributed by atoms with Crippen LogP contribution in [0.25, 0.3) is 0 Å². The summed E-state index contributed by atoms with van der Waals surface area (Å²) in [5, 5.41) is 2.88. The first-order chi connectivity index (χ1) is 13.1. The van der Waals surface area contributed by atoms with E-state index in [4.69, 9.17) is 9.47 Å². The Morgan fingerprint density at radius 1 is 1.15 bits per heavy atom. The van der Waals surface area contributed by atoms with Crippen LogP contribution in [0, 0.1) is 5.92 Å². The van der Waals surface area contributed by atoms with Crippen LogP contribution in [0.2, 0.25) is 0 Å². The molecule has 1 saturated carbocycles. The summed E-state index contributed by atoms with van der Waals surface area (Å²) in [6.45, 7) is 3.82.